The average molecular weight is 410 g/mol. The van der Waals surface area contributed by atoms with Crippen LogP contribution >= 0.6 is 22.6 Å². The quantitative estimate of drug-likeness (QED) is 0.271. The van der Waals surface area contributed by atoms with Crippen LogP contribution in [0.4, 0.5) is 0 Å². The molecule has 2 aromatic carbocycles. The van der Waals surface area contributed by atoms with Gasteiger partial charge in [0, 0.05) is 15.6 Å². The highest BCUT2D eigenvalue weighted by Crippen LogP contribution is 2.17. The maximum Gasteiger partial charge on any atom is 0.365 e. The molecule has 6 heteroatoms. The van der Waals surface area contributed by atoms with Gasteiger partial charge in [0.05, 0.1) is 12.7 Å². The molecule has 0 aliphatic heterocycles. The van der Waals surface area contributed by atoms with Gasteiger partial charge in [-0.25, -0.2) is 4.79 Å². The third-order valence-electron chi connectivity index (χ3n) is 2.89. The lowest BCUT2D eigenvalue weighted by molar-refractivity contribution is 0.0515. The third-order valence-corrected chi connectivity index (χ3v) is 3.61. The van der Waals surface area contributed by atoms with Crippen molar-refractivity contribution in [3.63, 3.8) is 0 Å². The first-order valence-corrected chi connectivity index (χ1v) is 7.59. The van der Waals surface area contributed by atoms with Gasteiger partial charge in [0.15, 0.2) is 0 Å². The summed E-state index contributed by atoms with van der Waals surface area (Å²) < 4.78 is 6.27. The molecule has 22 heavy (non-hydrogen) atoms. The van der Waals surface area contributed by atoms with Crippen molar-refractivity contribution in [1.29, 1.82) is 0 Å². The predicted molar refractivity (Wildman–Crippen MR) is 92.9 cm³/mol. The Kier molecular flexibility index (Phi) is 5.76. The minimum absolute atomic E-state index is 0.198. The second kappa shape index (κ2) is 7.79. The number of hydrogen-bond donors (Lipinski definition) is 1. The molecule has 0 bridgehead atoms. The van der Waals surface area contributed by atoms with Gasteiger partial charge in [0.2, 0.25) is 0 Å². The normalized spacial score (nSPS) is 11.1. The molecule has 0 saturated heterocycles. The first-order chi connectivity index (χ1) is 10.6. The zero-order valence-electron chi connectivity index (χ0n) is 12.0. The summed E-state index contributed by atoms with van der Waals surface area (Å²) in [6.45, 7) is 0. The van der Waals surface area contributed by atoms with Crippen LogP contribution in [0.15, 0.2) is 53.7 Å². The van der Waals surface area contributed by atoms with Crippen LogP contribution in [0, 0.1) is 3.57 Å². The minimum atomic E-state index is -0.542. The maximum absolute atomic E-state index is 11.8. The van der Waals surface area contributed by atoms with Gasteiger partial charge in [-0.2, -0.15) is 0 Å². The second-order valence-electron chi connectivity index (χ2n) is 4.46. The maximum atomic E-state index is 11.8. The van der Waals surface area contributed by atoms with E-state index in [-0.39, 0.29) is 5.84 Å². The van der Waals surface area contributed by atoms with E-state index in [9.17, 15) is 4.79 Å². The molecule has 0 saturated carbocycles. The van der Waals surface area contributed by atoms with Crippen LogP contribution in [-0.4, -0.2) is 18.9 Å². The minimum Gasteiger partial charge on any atom is -0.496 e. The summed E-state index contributed by atoms with van der Waals surface area (Å²) in [5.41, 5.74) is 7.09. The Morgan fingerprint density at radius 1 is 1.18 bits per heavy atom. The number of para-hydroxylation sites is 1. The number of benzene rings is 2. The molecule has 0 unspecified atom stereocenters. The molecule has 5 nitrogen and oxygen atoms in total. The Labute approximate surface area is 142 Å². The van der Waals surface area contributed by atoms with Crippen molar-refractivity contribution in [2.75, 3.05) is 7.11 Å². The molecule has 0 atom stereocenters. The van der Waals surface area contributed by atoms with Gasteiger partial charge in [-0.15, -0.1) is 0 Å². The highest BCUT2D eigenvalue weighted by atomic mass is 127. The molecule has 114 valence electrons. The van der Waals surface area contributed by atoms with E-state index >= 15 is 0 Å². The summed E-state index contributed by atoms with van der Waals surface area (Å²) in [5.74, 6) is 0.368. The van der Waals surface area contributed by atoms with E-state index in [1.54, 1.807) is 19.2 Å². The highest BCUT2D eigenvalue weighted by molar-refractivity contribution is 14.1. The largest absolute Gasteiger partial charge is 0.496 e. The van der Waals surface area contributed by atoms with E-state index < -0.39 is 5.97 Å². The van der Waals surface area contributed by atoms with Gasteiger partial charge < -0.3 is 15.3 Å². The summed E-state index contributed by atoms with van der Waals surface area (Å²) in [5, 5.41) is 3.68. The lowest BCUT2D eigenvalue weighted by Gasteiger charge is -2.07. The number of amidine groups is 1. The molecule has 0 heterocycles. The van der Waals surface area contributed by atoms with Gasteiger partial charge in [-0.3, -0.25) is 0 Å². The molecule has 0 aromatic heterocycles. The molecule has 0 radical (unpaired) electrons. The van der Waals surface area contributed by atoms with Crippen LogP contribution in [0.2, 0.25) is 0 Å². The number of rotatable bonds is 5. The Hall–Kier alpha value is -2.09. The third kappa shape index (κ3) is 4.45. The summed E-state index contributed by atoms with van der Waals surface area (Å²) in [7, 11) is 1.59. The van der Waals surface area contributed by atoms with Crippen LogP contribution < -0.4 is 10.5 Å². The number of halogens is 1. The van der Waals surface area contributed by atoms with E-state index in [0.717, 1.165) is 9.13 Å². The van der Waals surface area contributed by atoms with Crippen molar-refractivity contribution in [3.8, 4) is 5.75 Å². The molecule has 0 aliphatic carbocycles. The average Bonchev–Trinajstić information content (AvgIpc) is 2.54. The van der Waals surface area contributed by atoms with Gasteiger partial charge in [-0.05, 0) is 52.9 Å². The van der Waals surface area contributed by atoms with Crippen molar-refractivity contribution in [1.82, 2.24) is 0 Å². The van der Waals surface area contributed by atoms with Crippen LogP contribution in [-0.2, 0) is 11.3 Å². The van der Waals surface area contributed by atoms with Crippen LogP contribution in [0.1, 0.15) is 15.9 Å². The van der Waals surface area contributed by atoms with Gasteiger partial charge in [-0.1, -0.05) is 23.4 Å². The molecular weight excluding hydrogens is 395 g/mol. The smallest absolute Gasteiger partial charge is 0.365 e. The first-order valence-electron chi connectivity index (χ1n) is 6.51. The summed E-state index contributed by atoms with van der Waals surface area (Å²) in [6, 6.07) is 14.4. The van der Waals surface area contributed by atoms with Crippen LogP contribution in [0.3, 0.4) is 0 Å². The summed E-state index contributed by atoms with van der Waals surface area (Å²) >= 11 is 2.16. The molecular formula is C16H15IN2O3. The van der Waals surface area contributed by atoms with Crippen molar-refractivity contribution in [2.24, 2.45) is 10.9 Å². The Balaban J connectivity index is 2.00. The number of methoxy groups -OCH3 is 1. The monoisotopic (exact) mass is 410 g/mol. The number of nitrogens with zero attached hydrogens (tertiary/aromatic N) is 1. The number of oxime groups is 1. The molecule has 0 fully saturated rings. The SMILES string of the molecule is COc1ccccc1C/C(N)=N/OC(=O)c1ccc(I)cc1. The van der Waals surface area contributed by atoms with Crippen molar-refractivity contribution >= 4 is 34.4 Å². The molecule has 2 N–H and O–H groups in total. The van der Waals surface area contributed by atoms with E-state index in [1.165, 1.54) is 0 Å². The topological polar surface area (TPSA) is 73.9 Å². The van der Waals surface area contributed by atoms with Crippen LogP contribution in [0.5, 0.6) is 5.75 Å². The fraction of sp³-hybridized carbons (Fsp3) is 0.125. The summed E-state index contributed by atoms with van der Waals surface area (Å²) in [6.07, 6.45) is 0.337. The zero-order valence-corrected chi connectivity index (χ0v) is 14.1. The van der Waals surface area contributed by atoms with E-state index in [1.807, 2.05) is 36.4 Å². The first kappa shape index (κ1) is 16.3. The lowest BCUT2D eigenvalue weighted by atomic mass is 10.1. The van der Waals surface area contributed by atoms with Gasteiger partial charge in [0.1, 0.15) is 11.6 Å². The van der Waals surface area contributed by atoms with E-state index in [4.69, 9.17) is 15.3 Å². The number of hydrogen-bond acceptors (Lipinski definition) is 4. The zero-order chi connectivity index (χ0) is 15.9. The number of carbonyl (C=O) groups excluding carboxylic acids is 1. The highest BCUT2D eigenvalue weighted by Gasteiger charge is 2.08. The van der Waals surface area contributed by atoms with E-state index in [0.29, 0.717) is 17.7 Å². The number of nitrogens with two attached hydrogens (primary N) is 1. The molecule has 2 rings (SSSR count). The van der Waals surface area contributed by atoms with Gasteiger partial charge in [0.25, 0.3) is 0 Å². The Morgan fingerprint density at radius 3 is 2.55 bits per heavy atom. The Bertz CT molecular complexity index is 684. The molecule has 0 amide bonds. The second-order valence-corrected chi connectivity index (χ2v) is 5.70. The van der Waals surface area contributed by atoms with Crippen molar-refractivity contribution in [3.05, 3.63) is 63.2 Å². The Morgan fingerprint density at radius 2 is 1.86 bits per heavy atom. The summed E-state index contributed by atoms with van der Waals surface area (Å²) in [4.78, 5) is 16.7. The molecule has 2 aromatic rings. The van der Waals surface area contributed by atoms with E-state index in [2.05, 4.69) is 27.7 Å². The lowest BCUT2D eigenvalue weighted by Crippen LogP contribution is -2.17. The van der Waals surface area contributed by atoms with Crippen LogP contribution in [0.25, 0.3) is 0 Å². The standard InChI is InChI=1S/C16H15IN2O3/c1-21-14-5-3-2-4-12(14)10-15(18)19-22-16(20)11-6-8-13(17)9-7-11/h2-9H,10H2,1H3,(H2,18,19). The van der Waals surface area contributed by atoms with Crippen molar-refractivity contribution in [2.45, 2.75) is 6.42 Å². The number of ether oxygens (including phenoxy) is 1. The van der Waals surface area contributed by atoms with Crippen molar-refractivity contribution < 1.29 is 14.4 Å². The predicted octanol–water partition coefficient (Wildman–Crippen LogP) is 2.97. The fourth-order valence-electron chi connectivity index (χ4n) is 1.82. The molecule has 0 spiro atoms. The fourth-order valence-corrected chi connectivity index (χ4v) is 2.17. The van der Waals surface area contributed by atoms with Gasteiger partial charge >= 0.3 is 5.97 Å². The number of carbonyl (C=O) groups is 1. The molecule has 0 aliphatic rings.